The van der Waals surface area contributed by atoms with Gasteiger partial charge in [-0.05, 0) is 39.5 Å². The number of carbonyl (C=O) groups excluding carboxylic acids is 2. The first-order valence-corrected chi connectivity index (χ1v) is 5.85. The minimum absolute atomic E-state index is 0.0247. The maximum Gasteiger partial charge on any atom is 0.331 e. The molecule has 0 aromatic rings. The molecule has 6 nitrogen and oxygen atoms in total. The Morgan fingerprint density at radius 2 is 1.72 bits per heavy atom. The van der Waals surface area contributed by atoms with Crippen LogP contribution in [-0.2, 0) is 9.59 Å². The Morgan fingerprint density at radius 3 is 2.17 bits per heavy atom. The first-order chi connectivity index (χ1) is 8.32. The van der Waals surface area contributed by atoms with Crippen molar-refractivity contribution in [2.75, 3.05) is 0 Å². The van der Waals surface area contributed by atoms with Crippen molar-refractivity contribution in [1.82, 2.24) is 10.6 Å². The molecule has 1 saturated carbocycles. The molecular weight excluding hydrogens is 236 g/mol. The first-order valence-electron chi connectivity index (χ1n) is 5.85. The van der Waals surface area contributed by atoms with Crippen molar-refractivity contribution in [3.05, 3.63) is 11.1 Å². The third-order valence-electron chi connectivity index (χ3n) is 3.14. The molecule has 0 aliphatic heterocycles. The highest BCUT2D eigenvalue weighted by Crippen LogP contribution is 2.32. The monoisotopic (exact) mass is 254 g/mol. The van der Waals surface area contributed by atoms with E-state index in [-0.39, 0.29) is 17.2 Å². The van der Waals surface area contributed by atoms with Crippen molar-refractivity contribution >= 4 is 17.9 Å². The standard InChI is InChI=1S/C12H18N2O4/c1-6(7(2)11(16)17)10(15)14-12(18)13-8(3)9-4-5-9/h8-9H,4-5H2,1-3H3,(H,16,17)(H2,13,14,15,18)/b7-6-. The Labute approximate surface area is 105 Å². The molecule has 1 rings (SSSR count). The molecule has 18 heavy (non-hydrogen) atoms. The maximum atomic E-state index is 11.6. The van der Waals surface area contributed by atoms with Gasteiger partial charge in [-0.1, -0.05) is 0 Å². The van der Waals surface area contributed by atoms with Gasteiger partial charge in [0, 0.05) is 17.2 Å². The average molecular weight is 254 g/mol. The van der Waals surface area contributed by atoms with Gasteiger partial charge in [0.25, 0.3) is 5.91 Å². The van der Waals surface area contributed by atoms with Crippen LogP contribution in [0.4, 0.5) is 4.79 Å². The number of amides is 3. The summed E-state index contributed by atoms with van der Waals surface area (Å²) in [4.78, 5) is 33.7. The van der Waals surface area contributed by atoms with E-state index < -0.39 is 17.9 Å². The molecule has 1 aliphatic carbocycles. The van der Waals surface area contributed by atoms with Gasteiger partial charge in [0.05, 0.1) is 0 Å². The Bertz CT molecular complexity index is 410. The number of rotatable bonds is 4. The lowest BCUT2D eigenvalue weighted by atomic mass is 10.1. The van der Waals surface area contributed by atoms with Gasteiger partial charge in [0.2, 0.25) is 0 Å². The van der Waals surface area contributed by atoms with Gasteiger partial charge < -0.3 is 10.4 Å². The van der Waals surface area contributed by atoms with E-state index in [4.69, 9.17) is 5.11 Å². The molecule has 1 unspecified atom stereocenters. The fraction of sp³-hybridized carbons (Fsp3) is 0.583. The van der Waals surface area contributed by atoms with Crippen LogP contribution in [0.5, 0.6) is 0 Å². The second kappa shape index (κ2) is 5.66. The molecule has 0 aromatic heterocycles. The van der Waals surface area contributed by atoms with Crippen LogP contribution >= 0.6 is 0 Å². The number of hydrogen-bond donors (Lipinski definition) is 3. The lowest BCUT2D eigenvalue weighted by Gasteiger charge is -2.13. The SMILES string of the molecule is C/C(C(=O)O)=C(\C)C(=O)NC(=O)NC(C)C1CC1. The molecule has 0 heterocycles. The molecule has 1 aliphatic rings. The predicted octanol–water partition coefficient (Wildman–Crippen LogP) is 1.03. The quantitative estimate of drug-likeness (QED) is 0.653. The molecule has 6 heteroatoms. The van der Waals surface area contributed by atoms with Crippen molar-refractivity contribution in [3.8, 4) is 0 Å². The molecule has 0 radical (unpaired) electrons. The summed E-state index contributed by atoms with van der Waals surface area (Å²) in [6.07, 6.45) is 2.18. The predicted molar refractivity (Wildman–Crippen MR) is 64.9 cm³/mol. The maximum absolute atomic E-state index is 11.6. The smallest absolute Gasteiger partial charge is 0.331 e. The zero-order chi connectivity index (χ0) is 13.9. The van der Waals surface area contributed by atoms with Gasteiger partial charge in [-0.2, -0.15) is 0 Å². The third-order valence-corrected chi connectivity index (χ3v) is 3.14. The molecule has 100 valence electrons. The van der Waals surface area contributed by atoms with Gasteiger partial charge in [-0.25, -0.2) is 9.59 Å². The second-order valence-electron chi connectivity index (χ2n) is 4.61. The van der Waals surface area contributed by atoms with Crippen LogP contribution in [0.2, 0.25) is 0 Å². The summed E-state index contributed by atoms with van der Waals surface area (Å²) < 4.78 is 0. The number of aliphatic carboxylic acids is 1. The Balaban J connectivity index is 2.51. The molecule has 0 bridgehead atoms. The Kier molecular flexibility index (Phi) is 4.47. The number of carboxylic acids is 1. The van der Waals surface area contributed by atoms with E-state index in [1.807, 2.05) is 6.92 Å². The Morgan fingerprint density at radius 1 is 1.17 bits per heavy atom. The summed E-state index contributed by atoms with van der Waals surface area (Å²) in [6.45, 7) is 4.57. The highest BCUT2D eigenvalue weighted by molar-refractivity contribution is 6.07. The molecule has 0 spiro atoms. The minimum atomic E-state index is -1.17. The van der Waals surface area contributed by atoms with Crippen LogP contribution in [0.1, 0.15) is 33.6 Å². The van der Waals surface area contributed by atoms with Crippen LogP contribution in [0, 0.1) is 5.92 Å². The summed E-state index contributed by atoms with van der Waals surface area (Å²) in [5.41, 5.74) is -0.0488. The molecular formula is C12H18N2O4. The highest BCUT2D eigenvalue weighted by Gasteiger charge is 2.29. The molecule has 3 N–H and O–H groups in total. The van der Waals surface area contributed by atoms with Crippen molar-refractivity contribution in [3.63, 3.8) is 0 Å². The van der Waals surface area contributed by atoms with Crippen molar-refractivity contribution in [2.24, 2.45) is 5.92 Å². The largest absolute Gasteiger partial charge is 0.478 e. The second-order valence-corrected chi connectivity index (χ2v) is 4.61. The van der Waals surface area contributed by atoms with E-state index >= 15 is 0 Å². The van der Waals surface area contributed by atoms with Gasteiger partial charge >= 0.3 is 12.0 Å². The summed E-state index contributed by atoms with van der Waals surface area (Å²) in [6, 6.07) is -0.556. The molecule has 0 aromatic carbocycles. The summed E-state index contributed by atoms with van der Waals surface area (Å²) in [5, 5.41) is 13.5. The van der Waals surface area contributed by atoms with Crippen LogP contribution in [-0.4, -0.2) is 29.1 Å². The Hall–Kier alpha value is -1.85. The van der Waals surface area contributed by atoms with E-state index in [2.05, 4.69) is 10.6 Å². The fourth-order valence-corrected chi connectivity index (χ4v) is 1.48. The summed E-state index contributed by atoms with van der Waals surface area (Å²) >= 11 is 0. The lowest BCUT2D eigenvalue weighted by Crippen LogP contribution is -2.44. The highest BCUT2D eigenvalue weighted by atomic mass is 16.4. The molecule has 1 atom stereocenters. The van der Waals surface area contributed by atoms with Gasteiger partial charge in [-0.3, -0.25) is 10.1 Å². The molecule has 1 fully saturated rings. The van der Waals surface area contributed by atoms with Gasteiger partial charge in [-0.15, -0.1) is 0 Å². The first kappa shape index (κ1) is 14.2. The van der Waals surface area contributed by atoms with Gasteiger partial charge in [0.1, 0.15) is 0 Å². The minimum Gasteiger partial charge on any atom is -0.478 e. The van der Waals surface area contributed by atoms with E-state index in [1.165, 1.54) is 13.8 Å². The van der Waals surface area contributed by atoms with E-state index in [0.717, 1.165) is 12.8 Å². The molecule has 3 amide bonds. The fourth-order valence-electron chi connectivity index (χ4n) is 1.48. The van der Waals surface area contributed by atoms with E-state index in [0.29, 0.717) is 5.92 Å². The van der Waals surface area contributed by atoms with Crippen molar-refractivity contribution in [1.29, 1.82) is 0 Å². The number of imide groups is 1. The van der Waals surface area contributed by atoms with Gasteiger partial charge in [0.15, 0.2) is 0 Å². The third kappa shape index (κ3) is 3.87. The number of nitrogens with one attached hydrogen (secondary N) is 2. The number of hydrogen-bond acceptors (Lipinski definition) is 3. The zero-order valence-electron chi connectivity index (χ0n) is 10.7. The van der Waals surface area contributed by atoms with E-state index in [9.17, 15) is 14.4 Å². The number of urea groups is 1. The van der Waals surface area contributed by atoms with Crippen molar-refractivity contribution in [2.45, 2.75) is 39.7 Å². The van der Waals surface area contributed by atoms with Crippen LogP contribution < -0.4 is 10.6 Å². The van der Waals surface area contributed by atoms with Crippen LogP contribution in [0.15, 0.2) is 11.1 Å². The van der Waals surface area contributed by atoms with Crippen LogP contribution in [0.3, 0.4) is 0 Å². The molecule has 0 saturated heterocycles. The normalized spacial score (nSPS) is 17.5. The number of carbonyl (C=O) groups is 3. The number of carboxylic acid groups (broad SMARTS) is 1. The summed E-state index contributed by atoms with van der Waals surface area (Å²) in [7, 11) is 0. The lowest BCUT2D eigenvalue weighted by molar-refractivity contribution is -0.133. The summed E-state index contributed by atoms with van der Waals surface area (Å²) in [5.74, 6) is -1.37. The topological polar surface area (TPSA) is 95.5 Å². The average Bonchev–Trinajstić information content (AvgIpc) is 3.09. The van der Waals surface area contributed by atoms with Crippen LogP contribution in [0.25, 0.3) is 0 Å². The van der Waals surface area contributed by atoms with E-state index in [1.54, 1.807) is 0 Å². The zero-order valence-corrected chi connectivity index (χ0v) is 10.7. The van der Waals surface area contributed by atoms with Crippen molar-refractivity contribution < 1.29 is 19.5 Å².